The number of rotatable bonds is 8. The maximum absolute atomic E-state index is 9.09. The molecule has 0 aromatic heterocycles. The normalized spacial score (nSPS) is 15.7. The second-order valence-corrected chi connectivity index (χ2v) is 4.88. The molecule has 0 fully saturated rings. The van der Waals surface area contributed by atoms with Gasteiger partial charge in [0.15, 0.2) is 0 Å². The molecule has 0 heterocycles. The van der Waals surface area contributed by atoms with E-state index in [1.54, 1.807) is 0 Å². The number of aliphatic hydroxyl groups excluding tert-OH is 1. The molecule has 13 heavy (non-hydrogen) atoms. The van der Waals surface area contributed by atoms with Crippen LogP contribution in [-0.4, -0.2) is 22.7 Å². The van der Waals surface area contributed by atoms with Gasteiger partial charge >= 0.3 is 0 Å². The molecular formula is C11H24OS. The first-order valence-corrected chi connectivity index (χ1v) is 6.61. The Labute approximate surface area is 87.3 Å². The Hall–Kier alpha value is 0.310. The lowest BCUT2D eigenvalue weighted by Crippen LogP contribution is -2.08. The summed E-state index contributed by atoms with van der Waals surface area (Å²) in [5.41, 5.74) is 0. The van der Waals surface area contributed by atoms with Crippen molar-refractivity contribution in [2.75, 3.05) is 11.5 Å². The molecule has 1 N–H and O–H groups in total. The fraction of sp³-hybridized carbons (Fsp3) is 1.00. The van der Waals surface area contributed by atoms with Crippen LogP contribution in [0.2, 0.25) is 0 Å². The van der Waals surface area contributed by atoms with Gasteiger partial charge in [0.05, 0.1) is 6.10 Å². The summed E-state index contributed by atoms with van der Waals surface area (Å²) in [6.45, 7) is 6.37. The Morgan fingerprint density at radius 1 is 1.23 bits per heavy atom. The van der Waals surface area contributed by atoms with Crippen LogP contribution in [0.1, 0.15) is 46.5 Å². The van der Waals surface area contributed by atoms with Crippen LogP contribution in [0.3, 0.4) is 0 Å². The van der Waals surface area contributed by atoms with Gasteiger partial charge in [-0.15, -0.1) is 0 Å². The van der Waals surface area contributed by atoms with Gasteiger partial charge < -0.3 is 5.11 Å². The summed E-state index contributed by atoms with van der Waals surface area (Å²) in [4.78, 5) is 0. The Morgan fingerprint density at radius 3 is 2.38 bits per heavy atom. The van der Waals surface area contributed by atoms with Crippen molar-refractivity contribution in [1.82, 2.24) is 0 Å². The number of hydrogen-bond donors (Lipinski definition) is 1. The SMILES string of the molecule is CCCCC(CC)CSCC(C)O. The molecule has 0 saturated carbocycles. The molecule has 0 rings (SSSR count). The zero-order valence-corrected chi connectivity index (χ0v) is 10.1. The van der Waals surface area contributed by atoms with Crippen molar-refractivity contribution in [2.45, 2.75) is 52.6 Å². The molecule has 0 spiro atoms. The smallest absolute Gasteiger partial charge is 0.0602 e. The molecule has 0 amide bonds. The van der Waals surface area contributed by atoms with E-state index in [9.17, 15) is 0 Å². The summed E-state index contributed by atoms with van der Waals surface area (Å²) in [6, 6.07) is 0. The van der Waals surface area contributed by atoms with Gasteiger partial charge in [0, 0.05) is 5.75 Å². The topological polar surface area (TPSA) is 20.2 Å². The van der Waals surface area contributed by atoms with E-state index in [0.717, 1.165) is 11.7 Å². The van der Waals surface area contributed by atoms with Gasteiger partial charge in [0.25, 0.3) is 0 Å². The fourth-order valence-corrected chi connectivity index (χ4v) is 2.52. The third kappa shape index (κ3) is 8.63. The largest absolute Gasteiger partial charge is 0.393 e. The molecule has 0 saturated heterocycles. The molecule has 0 aromatic carbocycles. The van der Waals surface area contributed by atoms with Crippen molar-refractivity contribution >= 4 is 11.8 Å². The highest BCUT2D eigenvalue weighted by molar-refractivity contribution is 7.99. The standard InChI is InChI=1S/C11H24OS/c1-4-6-7-11(5-2)9-13-8-10(3)12/h10-12H,4-9H2,1-3H3. The second kappa shape index (κ2) is 8.89. The maximum atomic E-state index is 9.09. The van der Waals surface area contributed by atoms with Gasteiger partial charge in [-0.3, -0.25) is 0 Å². The molecule has 2 atom stereocenters. The van der Waals surface area contributed by atoms with Gasteiger partial charge in [0.1, 0.15) is 0 Å². The average Bonchev–Trinajstić information content (AvgIpc) is 2.10. The van der Waals surface area contributed by atoms with Crippen molar-refractivity contribution in [3.8, 4) is 0 Å². The molecular weight excluding hydrogens is 180 g/mol. The Bertz CT molecular complexity index is 104. The summed E-state index contributed by atoms with van der Waals surface area (Å²) in [5.74, 6) is 2.98. The van der Waals surface area contributed by atoms with Crippen LogP contribution in [0.15, 0.2) is 0 Å². The average molecular weight is 204 g/mol. The van der Waals surface area contributed by atoms with Crippen molar-refractivity contribution < 1.29 is 5.11 Å². The van der Waals surface area contributed by atoms with Crippen molar-refractivity contribution in [3.05, 3.63) is 0 Å². The summed E-state index contributed by atoms with van der Waals surface area (Å²) < 4.78 is 0. The molecule has 0 radical (unpaired) electrons. The molecule has 80 valence electrons. The van der Waals surface area contributed by atoms with Crippen molar-refractivity contribution in [1.29, 1.82) is 0 Å². The fourth-order valence-electron chi connectivity index (χ4n) is 1.30. The van der Waals surface area contributed by atoms with E-state index in [-0.39, 0.29) is 6.10 Å². The highest BCUT2D eigenvalue weighted by Crippen LogP contribution is 2.18. The number of thioether (sulfide) groups is 1. The Morgan fingerprint density at radius 2 is 1.92 bits per heavy atom. The lowest BCUT2D eigenvalue weighted by Gasteiger charge is -2.14. The summed E-state index contributed by atoms with van der Waals surface area (Å²) >= 11 is 1.89. The lowest BCUT2D eigenvalue weighted by molar-refractivity contribution is 0.220. The van der Waals surface area contributed by atoms with E-state index in [0.29, 0.717) is 0 Å². The quantitative estimate of drug-likeness (QED) is 0.654. The van der Waals surface area contributed by atoms with Crippen LogP contribution in [0.4, 0.5) is 0 Å². The zero-order chi connectivity index (χ0) is 10.1. The third-order valence-corrected chi connectivity index (χ3v) is 3.68. The van der Waals surface area contributed by atoms with E-state index in [1.807, 2.05) is 18.7 Å². The van der Waals surface area contributed by atoms with Crippen LogP contribution in [0.25, 0.3) is 0 Å². The molecule has 0 aromatic rings. The van der Waals surface area contributed by atoms with E-state index >= 15 is 0 Å². The van der Waals surface area contributed by atoms with Crippen molar-refractivity contribution in [2.24, 2.45) is 5.92 Å². The highest BCUT2D eigenvalue weighted by Gasteiger charge is 2.06. The number of aliphatic hydroxyl groups is 1. The lowest BCUT2D eigenvalue weighted by atomic mass is 10.0. The summed E-state index contributed by atoms with van der Waals surface area (Å²) in [6.07, 6.45) is 5.16. The minimum Gasteiger partial charge on any atom is -0.393 e. The number of unbranched alkanes of at least 4 members (excludes halogenated alkanes) is 1. The van der Waals surface area contributed by atoms with Crippen LogP contribution in [0.5, 0.6) is 0 Å². The van der Waals surface area contributed by atoms with Gasteiger partial charge in [0.2, 0.25) is 0 Å². The van der Waals surface area contributed by atoms with Gasteiger partial charge in [-0.2, -0.15) is 11.8 Å². The molecule has 2 unspecified atom stereocenters. The van der Waals surface area contributed by atoms with Gasteiger partial charge in [-0.25, -0.2) is 0 Å². The van der Waals surface area contributed by atoms with Gasteiger partial charge in [-0.05, 0) is 25.0 Å². The zero-order valence-electron chi connectivity index (χ0n) is 9.25. The van der Waals surface area contributed by atoms with Crippen molar-refractivity contribution in [3.63, 3.8) is 0 Å². The summed E-state index contributed by atoms with van der Waals surface area (Å²) in [7, 11) is 0. The van der Waals surface area contributed by atoms with Crippen LogP contribution in [0, 0.1) is 5.92 Å². The van der Waals surface area contributed by atoms with Gasteiger partial charge in [-0.1, -0.05) is 33.1 Å². The van der Waals surface area contributed by atoms with E-state index in [4.69, 9.17) is 5.11 Å². The second-order valence-electron chi connectivity index (χ2n) is 3.80. The molecule has 0 bridgehead atoms. The Kier molecular flexibility index (Phi) is 9.10. The van der Waals surface area contributed by atoms with E-state index in [1.165, 1.54) is 31.4 Å². The molecule has 0 aliphatic carbocycles. The highest BCUT2D eigenvalue weighted by atomic mass is 32.2. The number of hydrogen-bond acceptors (Lipinski definition) is 2. The first-order chi connectivity index (χ1) is 6.20. The van der Waals surface area contributed by atoms with Crippen LogP contribution < -0.4 is 0 Å². The van der Waals surface area contributed by atoms with E-state index in [2.05, 4.69) is 13.8 Å². The molecule has 0 aliphatic heterocycles. The summed E-state index contributed by atoms with van der Waals surface area (Å²) in [5, 5.41) is 9.09. The Balaban J connectivity index is 3.36. The predicted octanol–water partition coefficient (Wildman–Crippen LogP) is 3.32. The maximum Gasteiger partial charge on any atom is 0.0602 e. The predicted molar refractivity (Wildman–Crippen MR) is 62.3 cm³/mol. The van der Waals surface area contributed by atoms with Crippen LogP contribution >= 0.6 is 11.8 Å². The first-order valence-electron chi connectivity index (χ1n) is 5.46. The monoisotopic (exact) mass is 204 g/mol. The molecule has 1 nitrogen and oxygen atoms in total. The molecule has 2 heteroatoms. The molecule has 0 aliphatic rings. The minimum absolute atomic E-state index is 0.145. The third-order valence-electron chi connectivity index (χ3n) is 2.26. The first kappa shape index (κ1) is 13.3. The minimum atomic E-state index is -0.145. The van der Waals surface area contributed by atoms with E-state index < -0.39 is 0 Å². The van der Waals surface area contributed by atoms with Crippen LogP contribution in [-0.2, 0) is 0 Å².